The molecule has 0 unspecified atom stereocenters. The summed E-state index contributed by atoms with van der Waals surface area (Å²) in [6, 6.07) is 14.4. The van der Waals surface area contributed by atoms with Crippen LogP contribution in [0.25, 0.3) is 0 Å². The van der Waals surface area contributed by atoms with Crippen molar-refractivity contribution < 1.29 is 19.4 Å². The number of amides is 1. The Morgan fingerprint density at radius 2 is 1.94 bits per heavy atom. The third-order valence-electron chi connectivity index (χ3n) is 8.92. The topological polar surface area (TPSA) is 67.8 Å². The maximum Gasteiger partial charge on any atom is 0.220 e. The number of rotatable bonds is 6. The molecule has 34 heavy (non-hydrogen) atoms. The minimum Gasteiger partial charge on any atom is -0.393 e. The highest BCUT2D eigenvalue weighted by atomic mass is 32.1. The zero-order valence-electron chi connectivity index (χ0n) is 20.2. The number of aliphatic hydroxyl groups is 1. The molecular formula is C28H37NO4S. The van der Waals surface area contributed by atoms with Gasteiger partial charge in [-0.25, -0.2) is 0 Å². The van der Waals surface area contributed by atoms with Gasteiger partial charge in [0, 0.05) is 23.1 Å². The molecule has 1 aromatic carbocycles. The summed E-state index contributed by atoms with van der Waals surface area (Å²) < 4.78 is 12.9. The van der Waals surface area contributed by atoms with Crippen LogP contribution in [0.4, 0.5) is 0 Å². The molecule has 184 valence electrons. The lowest BCUT2D eigenvalue weighted by molar-refractivity contribution is -0.308. The summed E-state index contributed by atoms with van der Waals surface area (Å²) in [5.74, 6) is 0.343. The Morgan fingerprint density at radius 1 is 1.12 bits per heavy atom. The number of benzene rings is 1. The Balaban J connectivity index is 1.27. The molecule has 1 aromatic heterocycles. The number of hydrogen-bond acceptors (Lipinski definition) is 5. The molecule has 2 N–H and O–H groups in total. The minimum atomic E-state index is -0.440. The Morgan fingerprint density at radius 3 is 2.71 bits per heavy atom. The molecule has 0 bridgehead atoms. The van der Waals surface area contributed by atoms with Crippen LogP contribution in [0.5, 0.6) is 0 Å². The van der Waals surface area contributed by atoms with Gasteiger partial charge in [-0.3, -0.25) is 4.79 Å². The van der Waals surface area contributed by atoms with Crippen molar-refractivity contribution >= 4 is 17.2 Å². The standard InChI is InChI=1S/C28H37NO4S/c1-27-13-12-24-28(2,18-32-26(33-24)15-19-7-4-3-5-8-19)23(27)11-10-22(30)21(27)16-25(31)29-17-20-9-6-14-34-20/h3-9,14,21-24,26,30H,10-13,15-18H2,1-2H3,(H,29,31)/t21-,22-,23+,24+,26-,27+,28+/m1/s1. The molecule has 1 saturated heterocycles. The smallest absolute Gasteiger partial charge is 0.220 e. The number of thiophene rings is 1. The minimum absolute atomic E-state index is 0.0330. The normalized spacial score (nSPS) is 37.4. The van der Waals surface area contributed by atoms with Gasteiger partial charge in [0.2, 0.25) is 5.91 Å². The molecule has 3 fully saturated rings. The summed E-state index contributed by atoms with van der Waals surface area (Å²) in [7, 11) is 0. The molecule has 5 rings (SSSR count). The van der Waals surface area contributed by atoms with Crippen LogP contribution in [0, 0.1) is 22.7 Å². The van der Waals surface area contributed by atoms with E-state index in [-0.39, 0.29) is 35.0 Å². The van der Waals surface area contributed by atoms with Crippen molar-refractivity contribution in [1.82, 2.24) is 5.32 Å². The second kappa shape index (κ2) is 9.73. The third kappa shape index (κ3) is 4.58. The predicted molar refractivity (Wildman–Crippen MR) is 133 cm³/mol. The molecule has 6 heteroatoms. The Labute approximate surface area is 206 Å². The highest BCUT2D eigenvalue weighted by Crippen LogP contribution is 2.62. The maximum atomic E-state index is 12.9. The molecule has 2 saturated carbocycles. The number of aliphatic hydroxyl groups excluding tert-OH is 1. The zero-order valence-corrected chi connectivity index (χ0v) is 21.1. The van der Waals surface area contributed by atoms with Crippen LogP contribution in [0.2, 0.25) is 0 Å². The summed E-state index contributed by atoms with van der Waals surface area (Å²) in [4.78, 5) is 14.0. The summed E-state index contributed by atoms with van der Waals surface area (Å²) in [5.41, 5.74) is 1.01. The molecule has 2 aromatic rings. The predicted octanol–water partition coefficient (Wildman–Crippen LogP) is 4.93. The molecule has 2 heterocycles. The van der Waals surface area contributed by atoms with Crippen molar-refractivity contribution in [2.75, 3.05) is 6.61 Å². The van der Waals surface area contributed by atoms with Crippen LogP contribution >= 0.6 is 11.3 Å². The van der Waals surface area contributed by atoms with Crippen LogP contribution in [0.1, 0.15) is 56.4 Å². The van der Waals surface area contributed by atoms with E-state index >= 15 is 0 Å². The van der Waals surface area contributed by atoms with Crippen molar-refractivity contribution in [3.8, 4) is 0 Å². The van der Waals surface area contributed by atoms with Crippen molar-refractivity contribution in [2.45, 2.75) is 77.4 Å². The average Bonchev–Trinajstić information content (AvgIpc) is 3.35. The number of ether oxygens (including phenoxy) is 2. The quantitative estimate of drug-likeness (QED) is 0.611. The SMILES string of the molecule is C[C@@]12CO[C@@H](Cc3ccccc3)O[C@H]1CC[C@]1(C)[C@@H]2CC[C@@H](O)[C@H]1CC(=O)NCc1cccs1. The summed E-state index contributed by atoms with van der Waals surface area (Å²) in [6.07, 6.45) is 4.24. The van der Waals surface area contributed by atoms with Crippen LogP contribution < -0.4 is 5.32 Å². The summed E-state index contributed by atoms with van der Waals surface area (Å²) >= 11 is 1.65. The van der Waals surface area contributed by atoms with Crippen molar-refractivity contribution in [2.24, 2.45) is 22.7 Å². The van der Waals surface area contributed by atoms with Gasteiger partial charge in [0.05, 0.1) is 25.4 Å². The number of carbonyl (C=O) groups is 1. The van der Waals surface area contributed by atoms with Crippen LogP contribution in [-0.4, -0.2) is 36.1 Å². The van der Waals surface area contributed by atoms with Gasteiger partial charge < -0.3 is 19.9 Å². The number of fused-ring (bicyclic) bond motifs is 3. The molecule has 5 nitrogen and oxygen atoms in total. The van der Waals surface area contributed by atoms with E-state index in [2.05, 4.69) is 43.4 Å². The third-order valence-corrected chi connectivity index (χ3v) is 9.80. The second-order valence-corrected chi connectivity index (χ2v) is 12.0. The second-order valence-electron chi connectivity index (χ2n) is 11.0. The first kappa shape index (κ1) is 24.0. The van der Waals surface area contributed by atoms with E-state index in [0.29, 0.717) is 25.5 Å². The van der Waals surface area contributed by atoms with Crippen molar-refractivity contribution in [1.29, 1.82) is 0 Å². The number of nitrogens with one attached hydrogen (secondary N) is 1. The molecule has 7 atom stereocenters. The molecule has 0 radical (unpaired) electrons. The van der Waals surface area contributed by atoms with Gasteiger partial charge >= 0.3 is 0 Å². The Kier molecular flexibility index (Phi) is 6.86. The van der Waals surface area contributed by atoms with Crippen LogP contribution in [0.15, 0.2) is 47.8 Å². The fourth-order valence-electron chi connectivity index (χ4n) is 7.07. The lowest BCUT2D eigenvalue weighted by atomic mass is 9.46. The lowest BCUT2D eigenvalue weighted by Gasteiger charge is -2.63. The molecule has 2 aliphatic carbocycles. The van der Waals surface area contributed by atoms with E-state index in [1.807, 2.05) is 23.6 Å². The van der Waals surface area contributed by atoms with Gasteiger partial charge in [0.1, 0.15) is 0 Å². The van der Waals surface area contributed by atoms with Gasteiger partial charge in [-0.1, -0.05) is 50.2 Å². The maximum absolute atomic E-state index is 12.9. The molecule has 1 aliphatic heterocycles. The highest BCUT2D eigenvalue weighted by Gasteiger charge is 2.61. The Bertz CT molecular complexity index is 966. The van der Waals surface area contributed by atoms with Crippen molar-refractivity contribution in [3.05, 3.63) is 58.3 Å². The first-order valence-electron chi connectivity index (χ1n) is 12.7. The van der Waals surface area contributed by atoms with E-state index in [4.69, 9.17) is 9.47 Å². The molecule has 3 aliphatic rings. The largest absolute Gasteiger partial charge is 0.393 e. The van der Waals surface area contributed by atoms with Gasteiger partial charge in [0.25, 0.3) is 0 Å². The number of hydrogen-bond donors (Lipinski definition) is 2. The fraction of sp³-hybridized carbons (Fsp3) is 0.607. The highest BCUT2D eigenvalue weighted by molar-refractivity contribution is 7.09. The van der Waals surface area contributed by atoms with E-state index < -0.39 is 6.10 Å². The summed E-state index contributed by atoms with van der Waals surface area (Å²) in [6.45, 7) is 5.84. The molecular weight excluding hydrogens is 446 g/mol. The van der Waals surface area contributed by atoms with E-state index in [9.17, 15) is 9.90 Å². The van der Waals surface area contributed by atoms with Gasteiger partial charge in [0.15, 0.2) is 6.29 Å². The fourth-order valence-corrected chi connectivity index (χ4v) is 7.72. The first-order valence-corrected chi connectivity index (χ1v) is 13.5. The average molecular weight is 484 g/mol. The van der Waals surface area contributed by atoms with E-state index in [1.54, 1.807) is 11.3 Å². The van der Waals surface area contributed by atoms with Crippen LogP contribution in [0.3, 0.4) is 0 Å². The van der Waals surface area contributed by atoms with Gasteiger partial charge in [-0.2, -0.15) is 0 Å². The lowest BCUT2D eigenvalue weighted by Crippen LogP contribution is -2.63. The molecule has 1 amide bonds. The van der Waals surface area contributed by atoms with Crippen molar-refractivity contribution in [3.63, 3.8) is 0 Å². The first-order chi connectivity index (χ1) is 16.4. The van der Waals surface area contributed by atoms with E-state index in [0.717, 1.165) is 37.0 Å². The monoisotopic (exact) mass is 483 g/mol. The van der Waals surface area contributed by atoms with Crippen LogP contribution in [-0.2, 0) is 27.2 Å². The van der Waals surface area contributed by atoms with E-state index in [1.165, 1.54) is 5.56 Å². The van der Waals surface area contributed by atoms with Gasteiger partial charge in [-0.05, 0) is 59.9 Å². The molecule has 0 spiro atoms. The Hall–Kier alpha value is -1.73. The zero-order chi connectivity index (χ0) is 23.8. The summed E-state index contributed by atoms with van der Waals surface area (Å²) in [5, 5.41) is 16.1. The van der Waals surface area contributed by atoms with Gasteiger partial charge in [-0.15, -0.1) is 11.3 Å². The number of carbonyl (C=O) groups excluding carboxylic acids is 1.